The van der Waals surface area contributed by atoms with E-state index in [-0.39, 0.29) is 17.7 Å². The fourth-order valence-electron chi connectivity index (χ4n) is 3.79. The molecule has 140 valence electrons. The molecule has 1 aromatic heterocycles. The third-order valence-electron chi connectivity index (χ3n) is 5.09. The maximum Gasteiger partial charge on any atom is 0.365 e. The van der Waals surface area contributed by atoms with Crippen LogP contribution in [0.25, 0.3) is 11.1 Å². The minimum atomic E-state index is -0.260. The molecule has 2 atom stereocenters. The van der Waals surface area contributed by atoms with Crippen molar-refractivity contribution in [2.24, 2.45) is 5.92 Å². The van der Waals surface area contributed by atoms with E-state index in [0.717, 1.165) is 23.2 Å². The van der Waals surface area contributed by atoms with Gasteiger partial charge < -0.3 is 4.42 Å². The summed E-state index contributed by atoms with van der Waals surface area (Å²) in [6.45, 7) is 0. The molecule has 3 N–H and O–H groups in total. The molecular weight excluding hydrogens is 376 g/mol. The first kappa shape index (κ1) is 17.0. The van der Waals surface area contributed by atoms with Gasteiger partial charge >= 0.3 is 12.0 Å². The predicted octanol–water partition coefficient (Wildman–Crippen LogP) is 2.54. The summed E-state index contributed by atoms with van der Waals surface area (Å²) < 4.78 is 5.76. The van der Waals surface area contributed by atoms with E-state index in [1.165, 1.54) is 0 Å². The highest BCUT2D eigenvalue weighted by molar-refractivity contribution is 6.30. The second kappa shape index (κ2) is 6.80. The molecule has 1 aliphatic heterocycles. The number of para-hydroxylation sites is 2. The van der Waals surface area contributed by atoms with E-state index in [1.807, 2.05) is 48.5 Å². The van der Waals surface area contributed by atoms with Crippen LogP contribution in [0, 0.1) is 5.92 Å². The quantitative estimate of drug-likeness (QED) is 0.623. The van der Waals surface area contributed by atoms with Crippen LogP contribution >= 0.6 is 11.6 Å². The van der Waals surface area contributed by atoms with Gasteiger partial charge in [0.2, 0.25) is 0 Å². The van der Waals surface area contributed by atoms with Crippen LogP contribution in [0.4, 0.5) is 6.01 Å². The topological polar surface area (TPSA) is 81.1 Å². The zero-order valence-corrected chi connectivity index (χ0v) is 15.7. The lowest BCUT2D eigenvalue weighted by atomic mass is 9.81. The number of aromatic nitrogens is 1. The summed E-state index contributed by atoms with van der Waals surface area (Å²) in [5.41, 5.74) is 3.38. The van der Waals surface area contributed by atoms with Crippen molar-refractivity contribution in [1.82, 2.24) is 10.3 Å². The summed E-state index contributed by atoms with van der Waals surface area (Å²) in [4.78, 5) is 20.5. The third kappa shape index (κ3) is 3.05. The number of hydrogen-bond acceptors (Lipinski definition) is 5. The minimum Gasteiger partial charge on any atom is -0.412 e. The molecule has 0 unspecified atom stereocenters. The van der Waals surface area contributed by atoms with Gasteiger partial charge in [0.05, 0.1) is 5.70 Å². The molecule has 0 fully saturated rings. The molecule has 0 amide bonds. The molecule has 0 bridgehead atoms. The van der Waals surface area contributed by atoms with Crippen molar-refractivity contribution >= 4 is 40.5 Å². The number of carbonyl (C=O) groups excluding carboxylic acids is 1. The largest absolute Gasteiger partial charge is 0.412 e. The molecule has 3 aromatic rings. The van der Waals surface area contributed by atoms with Gasteiger partial charge in [-0.25, -0.2) is 5.32 Å². The first-order valence-electron chi connectivity index (χ1n) is 9.19. The Kier molecular flexibility index (Phi) is 4.13. The van der Waals surface area contributed by atoms with Gasteiger partial charge in [0.1, 0.15) is 23.3 Å². The molecule has 7 heteroatoms. The Balaban J connectivity index is 1.52. The number of carbonyl (C=O) groups is 1. The highest BCUT2D eigenvalue weighted by atomic mass is 35.5. The molecule has 6 nitrogen and oxygen atoms in total. The fourth-order valence-corrected chi connectivity index (χ4v) is 3.91. The SMILES string of the molecule is O=C1CCC=C2NC(Nc3nc4ccccc4o3)=[NH+][C@@H](c3ccc(Cl)cc3)[C@H]12. The molecule has 2 heterocycles. The van der Waals surface area contributed by atoms with Crippen LogP contribution in [0.2, 0.25) is 5.02 Å². The number of guanidine groups is 1. The number of nitrogens with zero attached hydrogens (tertiary/aromatic N) is 1. The number of Topliss-reactive ketones (excluding diaryl/α,β-unsaturated/α-hetero) is 1. The van der Waals surface area contributed by atoms with Crippen LogP contribution in [0.1, 0.15) is 24.4 Å². The summed E-state index contributed by atoms with van der Waals surface area (Å²) in [5, 5.41) is 7.13. The van der Waals surface area contributed by atoms with Crippen molar-refractivity contribution in [2.45, 2.75) is 18.9 Å². The first-order chi connectivity index (χ1) is 13.7. The van der Waals surface area contributed by atoms with E-state index in [9.17, 15) is 4.79 Å². The Morgan fingerprint density at radius 3 is 2.82 bits per heavy atom. The molecule has 0 saturated heterocycles. The predicted molar refractivity (Wildman–Crippen MR) is 107 cm³/mol. The van der Waals surface area contributed by atoms with E-state index in [1.54, 1.807) is 0 Å². The second-order valence-electron chi connectivity index (χ2n) is 6.93. The van der Waals surface area contributed by atoms with Crippen molar-refractivity contribution < 1.29 is 14.2 Å². The Labute approximate surface area is 166 Å². The molecule has 0 radical (unpaired) electrons. The number of anilines is 1. The van der Waals surface area contributed by atoms with Gasteiger partial charge in [-0.2, -0.15) is 10.3 Å². The number of fused-ring (bicyclic) bond motifs is 2. The normalized spacial score (nSPS) is 21.5. The van der Waals surface area contributed by atoms with Crippen molar-refractivity contribution in [1.29, 1.82) is 0 Å². The van der Waals surface area contributed by atoms with Crippen molar-refractivity contribution in [3.8, 4) is 0 Å². The average molecular weight is 394 g/mol. The standard InChI is InChI=1S/C21H17ClN4O2/c22-13-10-8-12(9-11-13)19-18-15(5-3-6-16(18)27)23-20(25-19)26-21-24-14-4-1-2-7-17(14)28-21/h1-2,4-5,7-11,18-19H,3,6H2,(H2,23,24,25,26)/p+1/t18-,19-/m0/s1. The summed E-state index contributed by atoms with van der Waals surface area (Å²) in [5.74, 6) is 0.589. The molecule has 1 aliphatic carbocycles. The monoisotopic (exact) mass is 393 g/mol. The van der Waals surface area contributed by atoms with E-state index in [0.29, 0.717) is 29.0 Å². The lowest BCUT2D eigenvalue weighted by Crippen LogP contribution is -2.84. The van der Waals surface area contributed by atoms with Crippen LogP contribution < -0.4 is 15.6 Å². The molecule has 2 aliphatic rings. The van der Waals surface area contributed by atoms with E-state index >= 15 is 0 Å². The van der Waals surface area contributed by atoms with Crippen molar-refractivity contribution in [2.75, 3.05) is 5.32 Å². The smallest absolute Gasteiger partial charge is 0.365 e. The van der Waals surface area contributed by atoms with E-state index < -0.39 is 0 Å². The highest BCUT2D eigenvalue weighted by Gasteiger charge is 2.41. The number of rotatable bonds is 2. The number of allylic oxidation sites excluding steroid dienone is 1. The van der Waals surface area contributed by atoms with Gasteiger partial charge in [-0.15, -0.1) is 0 Å². The number of nitrogens with one attached hydrogen (secondary N) is 3. The van der Waals surface area contributed by atoms with Crippen LogP contribution in [0.5, 0.6) is 0 Å². The van der Waals surface area contributed by atoms with E-state index in [2.05, 4.69) is 26.7 Å². The van der Waals surface area contributed by atoms with Gasteiger partial charge in [-0.05, 0) is 42.3 Å². The number of halogens is 1. The van der Waals surface area contributed by atoms with Gasteiger partial charge in [0.25, 0.3) is 0 Å². The lowest BCUT2D eigenvalue weighted by Gasteiger charge is -2.30. The average Bonchev–Trinajstić information content (AvgIpc) is 3.10. The highest BCUT2D eigenvalue weighted by Crippen LogP contribution is 2.31. The summed E-state index contributed by atoms with van der Waals surface area (Å²) in [6.07, 6.45) is 3.38. The van der Waals surface area contributed by atoms with Gasteiger partial charge in [0, 0.05) is 11.4 Å². The van der Waals surface area contributed by atoms with Gasteiger partial charge in [0.15, 0.2) is 5.58 Å². The maximum absolute atomic E-state index is 12.7. The third-order valence-corrected chi connectivity index (χ3v) is 5.35. The van der Waals surface area contributed by atoms with Crippen molar-refractivity contribution in [3.63, 3.8) is 0 Å². The first-order valence-corrected chi connectivity index (χ1v) is 9.56. The molecule has 2 aromatic carbocycles. The Morgan fingerprint density at radius 1 is 1.18 bits per heavy atom. The molecule has 0 saturated carbocycles. The number of ketones is 1. The molecule has 5 rings (SSSR count). The van der Waals surface area contributed by atoms with E-state index in [4.69, 9.17) is 16.0 Å². The van der Waals surface area contributed by atoms with Gasteiger partial charge in [-0.3, -0.25) is 9.79 Å². The summed E-state index contributed by atoms with van der Waals surface area (Å²) in [6, 6.07) is 15.3. The minimum absolute atomic E-state index is 0.204. The van der Waals surface area contributed by atoms with Gasteiger partial charge in [-0.1, -0.05) is 35.9 Å². The molecule has 28 heavy (non-hydrogen) atoms. The number of hydrogen-bond donors (Lipinski definition) is 3. The Morgan fingerprint density at radius 2 is 2.00 bits per heavy atom. The maximum atomic E-state index is 12.7. The second-order valence-corrected chi connectivity index (χ2v) is 7.36. The molecular formula is C21H18ClN4O2+. The zero-order valence-electron chi connectivity index (χ0n) is 14.9. The van der Waals surface area contributed by atoms with Crippen LogP contribution in [-0.4, -0.2) is 16.7 Å². The number of oxazole rings is 1. The van der Waals surface area contributed by atoms with Crippen LogP contribution in [0.15, 0.2) is 64.7 Å². The zero-order chi connectivity index (χ0) is 19.1. The lowest BCUT2D eigenvalue weighted by molar-refractivity contribution is -0.522. The Bertz CT molecular complexity index is 1080. The number of benzene rings is 2. The van der Waals surface area contributed by atoms with Crippen LogP contribution in [-0.2, 0) is 4.79 Å². The van der Waals surface area contributed by atoms with Crippen LogP contribution in [0.3, 0.4) is 0 Å². The van der Waals surface area contributed by atoms with Crippen molar-refractivity contribution in [3.05, 3.63) is 70.9 Å². The molecule has 0 spiro atoms. The Hall–Kier alpha value is -3.12. The summed E-state index contributed by atoms with van der Waals surface area (Å²) >= 11 is 6.04. The fraction of sp³-hybridized carbons (Fsp3) is 0.190. The summed E-state index contributed by atoms with van der Waals surface area (Å²) in [7, 11) is 0.